The molecule has 1 aliphatic carbocycles. The lowest BCUT2D eigenvalue weighted by atomic mass is 9.80. The minimum absolute atomic E-state index is 0.0471. The van der Waals surface area contributed by atoms with E-state index in [1.165, 1.54) is 7.11 Å². The van der Waals surface area contributed by atoms with Crippen LogP contribution in [0.15, 0.2) is 18.2 Å². The van der Waals surface area contributed by atoms with Crippen molar-refractivity contribution in [3.05, 3.63) is 29.3 Å². The molecule has 0 radical (unpaired) electrons. The summed E-state index contributed by atoms with van der Waals surface area (Å²) in [4.78, 5) is 23.5. The zero-order valence-electron chi connectivity index (χ0n) is 16.3. The number of nitrogens with one attached hydrogen (secondary N) is 2. The first kappa shape index (κ1) is 21.8. The van der Waals surface area contributed by atoms with Gasteiger partial charge in [-0.15, -0.1) is 0 Å². The summed E-state index contributed by atoms with van der Waals surface area (Å²) in [6.45, 7) is 5.72. The van der Waals surface area contributed by atoms with Crippen LogP contribution in [0.2, 0.25) is 0 Å². The molecule has 0 unspecified atom stereocenters. The molecule has 1 saturated carbocycles. The van der Waals surface area contributed by atoms with Crippen molar-refractivity contribution in [2.45, 2.75) is 51.4 Å². The second kappa shape index (κ2) is 8.28. The highest BCUT2D eigenvalue weighted by Gasteiger charge is 2.34. The number of anilines is 1. The largest absolute Gasteiger partial charge is 0.465 e. The van der Waals surface area contributed by atoms with Crippen molar-refractivity contribution in [1.82, 2.24) is 5.32 Å². The molecule has 1 amide bonds. The molecule has 0 spiro atoms. The summed E-state index contributed by atoms with van der Waals surface area (Å²) in [6, 6.07) is 2.78. The molecule has 6 nitrogen and oxygen atoms in total. The Morgan fingerprint density at radius 3 is 2.36 bits per heavy atom. The lowest BCUT2D eigenvalue weighted by molar-refractivity contribution is -0.137. The molecule has 0 aliphatic heterocycles. The van der Waals surface area contributed by atoms with Gasteiger partial charge in [0.05, 0.1) is 18.2 Å². The fourth-order valence-corrected chi connectivity index (χ4v) is 2.91. The maximum atomic E-state index is 13.0. The van der Waals surface area contributed by atoms with E-state index in [9.17, 15) is 22.8 Å². The fourth-order valence-electron chi connectivity index (χ4n) is 2.91. The second-order valence-corrected chi connectivity index (χ2v) is 7.81. The van der Waals surface area contributed by atoms with Crippen molar-refractivity contribution in [3.63, 3.8) is 0 Å². The monoisotopic (exact) mass is 402 g/mol. The normalized spacial score (nSPS) is 19.4. The molecule has 0 aromatic heterocycles. The quantitative estimate of drug-likeness (QED) is 0.722. The lowest BCUT2D eigenvalue weighted by Crippen LogP contribution is -2.43. The van der Waals surface area contributed by atoms with Gasteiger partial charge in [-0.05, 0) is 57.7 Å². The fraction of sp³-hybridized carbons (Fsp3) is 0.579. The van der Waals surface area contributed by atoms with Gasteiger partial charge in [0.1, 0.15) is 5.60 Å². The summed E-state index contributed by atoms with van der Waals surface area (Å²) >= 11 is 0. The van der Waals surface area contributed by atoms with Crippen LogP contribution in [0.3, 0.4) is 0 Å². The average Bonchev–Trinajstić information content (AvgIpc) is 2.53. The lowest BCUT2D eigenvalue weighted by Gasteiger charge is -2.37. The third kappa shape index (κ3) is 6.03. The molecule has 1 aliphatic rings. The average molecular weight is 402 g/mol. The van der Waals surface area contributed by atoms with E-state index in [2.05, 4.69) is 15.4 Å². The Balaban J connectivity index is 1.94. The minimum atomic E-state index is -4.51. The minimum Gasteiger partial charge on any atom is -0.465 e. The van der Waals surface area contributed by atoms with E-state index < -0.39 is 29.4 Å². The van der Waals surface area contributed by atoms with Gasteiger partial charge in [-0.25, -0.2) is 9.59 Å². The Morgan fingerprint density at radius 2 is 1.82 bits per heavy atom. The molecule has 28 heavy (non-hydrogen) atoms. The number of amides is 1. The van der Waals surface area contributed by atoms with Crippen molar-refractivity contribution in [3.8, 4) is 0 Å². The molecule has 0 heterocycles. The number of hydrogen-bond donors (Lipinski definition) is 2. The number of benzene rings is 1. The number of halogens is 3. The third-order valence-corrected chi connectivity index (χ3v) is 4.28. The number of hydrogen-bond acceptors (Lipinski definition) is 5. The molecule has 1 aromatic carbocycles. The molecular formula is C19H25F3N2O4. The van der Waals surface area contributed by atoms with Gasteiger partial charge in [0.15, 0.2) is 0 Å². The Kier molecular flexibility index (Phi) is 6.46. The Bertz CT molecular complexity index is 723. The number of methoxy groups -OCH3 is 1. The van der Waals surface area contributed by atoms with Crippen LogP contribution in [0.5, 0.6) is 0 Å². The van der Waals surface area contributed by atoms with Gasteiger partial charge in [-0.3, -0.25) is 0 Å². The van der Waals surface area contributed by atoms with E-state index in [-0.39, 0.29) is 23.2 Å². The molecule has 1 fully saturated rings. The van der Waals surface area contributed by atoms with Crippen LogP contribution in [-0.4, -0.2) is 37.4 Å². The van der Waals surface area contributed by atoms with Crippen molar-refractivity contribution >= 4 is 17.7 Å². The summed E-state index contributed by atoms with van der Waals surface area (Å²) < 4.78 is 48.7. The van der Waals surface area contributed by atoms with Crippen LogP contribution in [0, 0.1) is 5.92 Å². The van der Waals surface area contributed by atoms with Gasteiger partial charge in [-0.2, -0.15) is 13.2 Å². The first-order valence-electron chi connectivity index (χ1n) is 8.92. The first-order chi connectivity index (χ1) is 12.9. The zero-order chi connectivity index (χ0) is 21.1. The molecule has 0 atom stereocenters. The van der Waals surface area contributed by atoms with Crippen LogP contribution in [0.1, 0.15) is 49.5 Å². The van der Waals surface area contributed by atoms with Gasteiger partial charge >= 0.3 is 18.2 Å². The zero-order valence-corrected chi connectivity index (χ0v) is 16.3. The summed E-state index contributed by atoms with van der Waals surface area (Å²) in [6.07, 6.45) is -3.72. The predicted molar refractivity (Wildman–Crippen MR) is 97.2 cm³/mol. The van der Waals surface area contributed by atoms with Crippen molar-refractivity contribution in [1.29, 1.82) is 0 Å². The standard InChI is InChI=1S/C19H25F3N2O4/c1-18(2,3)28-17(26)23-10-11-7-13(8-11)24-15-9-12(19(20,21)22)5-6-14(15)16(25)27-4/h5-6,9,11,13,24H,7-8,10H2,1-4H3,(H,23,26). The van der Waals surface area contributed by atoms with E-state index in [1.54, 1.807) is 20.8 Å². The van der Waals surface area contributed by atoms with E-state index >= 15 is 0 Å². The van der Waals surface area contributed by atoms with Crippen molar-refractivity contribution < 1.29 is 32.2 Å². The van der Waals surface area contributed by atoms with Crippen LogP contribution < -0.4 is 10.6 Å². The molecule has 0 bridgehead atoms. The Morgan fingerprint density at radius 1 is 1.18 bits per heavy atom. The molecule has 1 aromatic rings. The highest BCUT2D eigenvalue weighted by molar-refractivity contribution is 5.95. The predicted octanol–water partition coefficient (Wildman–Crippen LogP) is 4.21. The Hall–Kier alpha value is -2.45. The van der Waals surface area contributed by atoms with Crippen LogP contribution in [-0.2, 0) is 15.7 Å². The van der Waals surface area contributed by atoms with Gasteiger partial charge in [0.2, 0.25) is 0 Å². The third-order valence-electron chi connectivity index (χ3n) is 4.28. The van der Waals surface area contributed by atoms with Crippen molar-refractivity contribution in [2.75, 3.05) is 19.0 Å². The maximum absolute atomic E-state index is 13.0. The van der Waals surface area contributed by atoms with E-state index in [0.717, 1.165) is 18.2 Å². The van der Waals surface area contributed by atoms with E-state index in [4.69, 9.17) is 4.74 Å². The highest BCUT2D eigenvalue weighted by Crippen LogP contribution is 2.35. The summed E-state index contributed by atoms with van der Waals surface area (Å²) in [5, 5.41) is 5.67. The van der Waals surface area contributed by atoms with E-state index in [0.29, 0.717) is 19.4 Å². The number of alkyl carbamates (subject to hydrolysis) is 1. The number of ether oxygens (including phenoxy) is 2. The van der Waals surface area contributed by atoms with Crippen molar-refractivity contribution in [2.24, 2.45) is 5.92 Å². The molecular weight excluding hydrogens is 377 g/mol. The number of carbonyl (C=O) groups excluding carboxylic acids is 2. The first-order valence-corrected chi connectivity index (χ1v) is 8.92. The smallest absolute Gasteiger partial charge is 0.416 e. The number of alkyl halides is 3. The maximum Gasteiger partial charge on any atom is 0.416 e. The molecule has 156 valence electrons. The van der Waals surface area contributed by atoms with Gasteiger partial charge < -0.3 is 20.1 Å². The summed E-state index contributed by atoms with van der Waals surface area (Å²) in [5.74, 6) is -0.531. The Labute approximate surface area is 161 Å². The molecule has 9 heteroatoms. The van der Waals surface area contributed by atoms with Gasteiger partial charge in [0.25, 0.3) is 0 Å². The number of rotatable bonds is 5. The van der Waals surface area contributed by atoms with Gasteiger partial charge in [-0.1, -0.05) is 0 Å². The molecule has 2 rings (SSSR count). The topological polar surface area (TPSA) is 76.7 Å². The molecule has 0 saturated heterocycles. The van der Waals surface area contributed by atoms with Crippen LogP contribution in [0.4, 0.5) is 23.7 Å². The van der Waals surface area contributed by atoms with Crippen LogP contribution in [0.25, 0.3) is 0 Å². The number of carbonyl (C=O) groups is 2. The van der Waals surface area contributed by atoms with E-state index in [1.807, 2.05) is 0 Å². The summed E-state index contributed by atoms with van der Waals surface area (Å²) in [5.41, 5.74) is -1.29. The van der Waals surface area contributed by atoms with Gasteiger partial charge in [0, 0.05) is 18.3 Å². The highest BCUT2D eigenvalue weighted by atomic mass is 19.4. The number of esters is 1. The van der Waals surface area contributed by atoms with Crippen LogP contribution >= 0.6 is 0 Å². The molecule has 2 N–H and O–H groups in total. The summed E-state index contributed by atoms with van der Waals surface area (Å²) in [7, 11) is 1.17. The second-order valence-electron chi connectivity index (χ2n) is 7.81. The SMILES string of the molecule is COC(=O)c1ccc(C(F)(F)F)cc1NC1CC(CNC(=O)OC(C)(C)C)C1.